The van der Waals surface area contributed by atoms with Crippen molar-refractivity contribution in [1.29, 1.82) is 0 Å². The highest BCUT2D eigenvalue weighted by molar-refractivity contribution is 5.92. The first-order chi connectivity index (χ1) is 4.09. The van der Waals surface area contributed by atoms with E-state index in [-0.39, 0.29) is 5.78 Å². The molecule has 0 N–H and O–H groups in total. The highest BCUT2D eigenvalue weighted by Crippen LogP contribution is 1.97. The Morgan fingerprint density at radius 3 is 1.89 bits per heavy atom. The fourth-order valence-corrected chi connectivity index (χ4v) is 0.776. The molecule has 2 nitrogen and oxygen atoms in total. The minimum Gasteiger partial charge on any atom is -0.375 e. The van der Waals surface area contributed by atoms with Crippen LogP contribution in [0.3, 0.4) is 0 Å². The zero-order valence-electron chi connectivity index (χ0n) is 6.43. The summed E-state index contributed by atoms with van der Waals surface area (Å²) in [6.07, 6.45) is 1.81. The SMILES string of the molecule is C/C=C(\C(C)=O)N(C)C. The second kappa shape index (κ2) is 3.28. The highest BCUT2D eigenvalue weighted by atomic mass is 16.1. The number of hydrogen-bond acceptors (Lipinski definition) is 2. The monoisotopic (exact) mass is 127 g/mol. The van der Waals surface area contributed by atoms with Gasteiger partial charge in [0, 0.05) is 21.0 Å². The minimum atomic E-state index is 0.113. The molecule has 0 radical (unpaired) electrons. The van der Waals surface area contributed by atoms with Gasteiger partial charge in [0.15, 0.2) is 5.78 Å². The zero-order chi connectivity index (χ0) is 7.44. The predicted octanol–water partition coefficient (Wildman–Crippen LogP) is 1.04. The molecule has 0 aromatic heterocycles. The summed E-state index contributed by atoms with van der Waals surface area (Å²) in [4.78, 5) is 12.5. The number of ketones is 1. The van der Waals surface area contributed by atoms with Crippen LogP contribution >= 0.6 is 0 Å². The molecule has 0 atom stereocenters. The highest BCUT2D eigenvalue weighted by Gasteiger charge is 2.01. The lowest BCUT2D eigenvalue weighted by Crippen LogP contribution is -2.16. The Kier molecular flexibility index (Phi) is 2.99. The molecule has 0 rings (SSSR count). The van der Waals surface area contributed by atoms with Crippen molar-refractivity contribution < 1.29 is 4.79 Å². The molecule has 0 aliphatic carbocycles. The van der Waals surface area contributed by atoms with Crippen molar-refractivity contribution in [2.45, 2.75) is 13.8 Å². The van der Waals surface area contributed by atoms with Gasteiger partial charge in [0.1, 0.15) is 0 Å². The van der Waals surface area contributed by atoms with Gasteiger partial charge in [0.05, 0.1) is 5.70 Å². The second-order valence-corrected chi connectivity index (χ2v) is 2.12. The van der Waals surface area contributed by atoms with E-state index in [1.54, 1.807) is 6.92 Å². The Labute approximate surface area is 56.2 Å². The van der Waals surface area contributed by atoms with Crippen molar-refractivity contribution in [2.75, 3.05) is 14.1 Å². The summed E-state index contributed by atoms with van der Waals surface area (Å²) in [5, 5.41) is 0. The molecular weight excluding hydrogens is 114 g/mol. The van der Waals surface area contributed by atoms with E-state index < -0.39 is 0 Å². The largest absolute Gasteiger partial charge is 0.375 e. The number of hydrogen-bond donors (Lipinski definition) is 0. The maximum absolute atomic E-state index is 10.7. The molecule has 2 heteroatoms. The number of Topliss-reactive ketones (excluding diaryl/α,β-unsaturated/α-hetero) is 1. The van der Waals surface area contributed by atoms with Crippen LogP contribution in [-0.2, 0) is 4.79 Å². The number of nitrogens with zero attached hydrogens (tertiary/aromatic N) is 1. The molecule has 0 amide bonds. The van der Waals surface area contributed by atoms with Crippen LogP contribution in [0.1, 0.15) is 13.8 Å². The van der Waals surface area contributed by atoms with E-state index in [0.29, 0.717) is 0 Å². The van der Waals surface area contributed by atoms with Gasteiger partial charge in [0.25, 0.3) is 0 Å². The van der Waals surface area contributed by atoms with Crippen LogP contribution in [-0.4, -0.2) is 24.8 Å². The predicted molar refractivity (Wildman–Crippen MR) is 38.1 cm³/mol. The Morgan fingerprint density at radius 1 is 1.44 bits per heavy atom. The molecule has 0 fully saturated rings. The molecule has 0 saturated heterocycles. The standard InChI is InChI=1S/C7H13NO/c1-5-7(6(2)9)8(3)4/h5H,1-4H3/b7-5+. The van der Waals surface area contributed by atoms with E-state index in [0.717, 1.165) is 5.70 Å². The van der Waals surface area contributed by atoms with Crippen LogP contribution in [0.2, 0.25) is 0 Å². The molecular formula is C7H13NO. The molecule has 0 heterocycles. The Hall–Kier alpha value is -0.790. The van der Waals surface area contributed by atoms with Crippen LogP contribution in [0.5, 0.6) is 0 Å². The fourth-order valence-electron chi connectivity index (χ4n) is 0.776. The maximum Gasteiger partial charge on any atom is 0.175 e. The third kappa shape index (κ3) is 2.31. The van der Waals surface area contributed by atoms with Gasteiger partial charge in [0.2, 0.25) is 0 Å². The van der Waals surface area contributed by atoms with Gasteiger partial charge in [-0.25, -0.2) is 0 Å². The van der Waals surface area contributed by atoms with Crippen molar-refractivity contribution in [3.8, 4) is 0 Å². The van der Waals surface area contributed by atoms with E-state index in [1.807, 2.05) is 32.0 Å². The first-order valence-corrected chi connectivity index (χ1v) is 2.94. The third-order valence-corrected chi connectivity index (χ3v) is 1.12. The average molecular weight is 127 g/mol. The summed E-state index contributed by atoms with van der Waals surface area (Å²) in [5.74, 6) is 0.113. The molecule has 0 saturated carbocycles. The van der Waals surface area contributed by atoms with E-state index >= 15 is 0 Å². The summed E-state index contributed by atoms with van der Waals surface area (Å²) in [6, 6.07) is 0. The molecule has 0 aromatic carbocycles. The van der Waals surface area contributed by atoms with Crippen LogP contribution in [0.4, 0.5) is 0 Å². The molecule has 0 aliphatic heterocycles. The number of rotatable bonds is 2. The maximum atomic E-state index is 10.7. The second-order valence-electron chi connectivity index (χ2n) is 2.12. The van der Waals surface area contributed by atoms with Gasteiger partial charge in [-0.15, -0.1) is 0 Å². The normalized spacial score (nSPS) is 11.3. The summed E-state index contributed by atoms with van der Waals surface area (Å²) in [5.41, 5.74) is 0.759. The van der Waals surface area contributed by atoms with E-state index in [9.17, 15) is 4.79 Å². The van der Waals surface area contributed by atoms with Gasteiger partial charge in [-0.05, 0) is 6.92 Å². The molecule has 0 spiro atoms. The summed E-state index contributed by atoms with van der Waals surface area (Å²) in [7, 11) is 3.72. The summed E-state index contributed by atoms with van der Waals surface area (Å²) >= 11 is 0. The minimum absolute atomic E-state index is 0.113. The van der Waals surface area contributed by atoms with Crippen molar-refractivity contribution in [2.24, 2.45) is 0 Å². The molecule has 9 heavy (non-hydrogen) atoms. The van der Waals surface area contributed by atoms with E-state index in [1.165, 1.54) is 0 Å². The Morgan fingerprint density at radius 2 is 1.89 bits per heavy atom. The number of carbonyl (C=O) groups excluding carboxylic acids is 1. The molecule has 0 unspecified atom stereocenters. The van der Waals surface area contributed by atoms with Gasteiger partial charge in [-0.1, -0.05) is 6.08 Å². The van der Waals surface area contributed by atoms with E-state index in [2.05, 4.69) is 0 Å². The smallest absolute Gasteiger partial charge is 0.175 e. The van der Waals surface area contributed by atoms with Crippen LogP contribution in [0.25, 0.3) is 0 Å². The first-order valence-electron chi connectivity index (χ1n) is 2.94. The summed E-state index contributed by atoms with van der Waals surface area (Å²) < 4.78 is 0. The topological polar surface area (TPSA) is 20.3 Å². The quantitative estimate of drug-likeness (QED) is 0.516. The van der Waals surface area contributed by atoms with Crippen molar-refractivity contribution in [3.05, 3.63) is 11.8 Å². The molecule has 52 valence electrons. The lowest BCUT2D eigenvalue weighted by Gasteiger charge is -2.12. The van der Waals surface area contributed by atoms with Crippen LogP contribution in [0, 0.1) is 0 Å². The Balaban J connectivity index is 4.19. The van der Waals surface area contributed by atoms with Gasteiger partial charge in [-0.3, -0.25) is 4.79 Å². The third-order valence-electron chi connectivity index (χ3n) is 1.12. The van der Waals surface area contributed by atoms with Gasteiger partial charge >= 0.3 is 0 Å². The number of carbonyl (C=O) groups is 1. The zero-order valence-corrected chi connectivity index (χ0v) is 6.43. The first kappa shape index (κ1) is 8.21. The molecule has 0 bridgehead atoms. The van der Waals surface area contributed by atoms with Crippen LogP contribution in [0.15, 0.2) is 11.8 Å². The van der Waals surface area contributed by atoms with Gasteiger partial charge < -0.3 is 4.90 Å². The summed E-state index contributed by atoms with van der Waals surface area (Å²) in [6.45, 7) is 3.42. The van der Waals surface area contributed by atoms with Crippen molar-refractivity contribution in [3.63, 3.8) is 0 Å². The van der Waals surface area contributed by atoms with Crippen molar-refractivity contribution >= 4 is 5.78 Å². The molecule has 0 aliphatic rings. The Bertz CT molecular complexity index is 136. The lowest BCUT2D eigenvalue weighted by molar-refractivity contribution is -0.114. The van der Waals surface area contributed by atoms with E-state index in [4.69, 9.17) is 0 Å². The average Bonchev–Trinajstić information content (AvgIpc) is 1.64. The fraction of sp³-hybridized carbons (Fsp3) is 0.571. The lowest BCUT2D eigenvalue weighted by atomic mass is 10.3. The van der Waals surface area contributed by atoms with Crippen LogP contribution < -0.4 is 0 Å². The number of allylic oxidation sites excluding steroid dienone is 2. The van der Waals surface area contributed by atoms with Gasteiger partial charge in [-0.2, -0.15) is 0 Å². The molecule has 0 aromatic rings. The van der Waals surface area contributed by atoms with Crippen molar-refractivity contribution in [1.82, 2.24) is 4.90 Å². The number of likely N-dealkylation sites (N-methyl/N-ethyl adjacent to an activating group) is 1.